The predicted octanol–water partition coefficient (Wildman–Crippen LogP) is 4.35. The van der Waals surface area contributed by atoms with Crippen LogP contribution in [0.4, 0.5) is 0 Å². The van der Waals surface area contributed by atoms with Crippen LogP contribution in [0.15, 0.2) is 36.7 Å². The van der Waals surface area contributed by atoms with Crippen LogP contribution >= 0.6 is 35.3 Å². The summed E-state index contributed by atoms with van der Waals surface area (Å²) in [4.78, 5) is 9.55. The fraction of sp³-hybridized carbons (Fsp3) is 0.143. The predicted molar refractivity (Wildman–Crippen MR) is 87.0 cm³/mol. The summed E-state index contributed by atoms with van der Waals surface area (Å²) >= 11 is 7.39. The zero-order valence-electron chi connectivity index (χ0n) is 11.1. The molecule has 0 radical (unpaired) electrons. The molecular formula is C14H12Cl2N2O2S. The van der Waals surface area contributed by atoms with Crippen LogP contribution in [0.3, 0.4) is 0 Å². The van der Waals surface area contributed by atoms with Gasteiger partial charge in [0.1, 0.15) is 6.61 Å². The summed E-state index contributed by atoms with van der Waals surface area (Å²) in [6.45, 7) is 0.444. The van der Waals surface area contributed by atoms with Crippen molar-refractivity contribution < 1.29 is 9.47 Å². The highest BCUT2D eigenvalue weighted by Gasteiger charge is 2.09. The lowest BCUT2D eigenvalue weighted by atomic mass is 10.2. The molecule has 4 nitrogen and oxygen atoms in total. The SMILES string of the molecule is COc1cc2nccnc2cc1OCc1ccc(Cl)s1.Cl. The van der Waals surface area contributed by atoms with Crippen molar-refractivity contribution in [1.29, 1.82) is 0 Å². The molecule has 7 heteroatoms. The van der Waals surface area contributed by atoms with Gasteiger partial charge in [-0.3, -0.25) is 9.97 Å². The minimum atomic E-state index is 0. The molecule has 0 fully saturated rings. The van der Waals surface area contributed by atoms with Crippen molar-refractivity contribution in [3.05, 3.63) is 45.9 Å². The molecule has 110 valence electrons. The topological polar surface area (TPSA) is 44.2 Å². The van der Waals surface area contributed by atoms with Crippen molar-refractivity contribution in [2.75, 3.05) is 7.11 Å². The van der Waals surface area contributed by atoms with Crippen molar-refractivity contribution in [1.82, 2.24) is 9.97 Å². The second kappa shape index (κ2) is 6.93. The third kappa shape index (κ3) is 3.56. The first kappa shape index (κ1) is 15.8. The van der Waals surface area contributed by atoms with E-state index in [9.17, 15) is 0 Å². The van der Waals surface area contributed by atoms with Crippen molar-refractivity contribution in [3.8, 4) is 11.5 Å². The van der Waals surface area contributed by atoms with Gasteiger partial charge in [0.05, 0.1) is 22.5 Å². The maximum Gasteiger partial charge on any atom is 0.164 e. The number of thiophene rings is 1. The van der Waals surface area contributed by atoms with E-state index in [0.717, 1.165) is 20.2 Å². The maximum atomic E-state index is 5.90. The Hall–Kier alpha value is -1.56. The number of halogens is 2. The third-order valence-electron chi connectivity index (χ3n) is 2.75. The molecule has 0 amide bonds. The van der Waals surface area contributed by atoms with Crippen LogP contribution in [0.2, 0.25) is 4.34 Å². The zero-order chi connectivity index (χ0) is 13.9. The van der Waals surface area contributed by atoms with E-state index < -0.39 is 0 Å². The van der Waals surface area contributed by atoms with Crippen molar-refractivity contribution in [2.45, 2.75) is 6.61 Å². The Morgan fingerprint density at radius 1 is 1.10 bits per heavy atom. The van der Waals surface area contributed by atoms with Gasteiger partial charge in [0.2, 0.25) is 0 Å². The fourth-order valence-corrected chi connectivity index (χ4v) is 2.82. The second-order valence-corrected chi connectivity index (χ2v) is 5.84. The Bertz CT molecular complexity index is 749. The Labute approximate surface area is 137 Å². The van der Waals surface area contributed by atoms with Crippen LogP contribution < -0.4 is 9.47 Å². The van der Waals surface area contributed by atoms with Crippen molar-refractivity contribution in [3.63, 3.8) is 0 Å². The van der Waals surface area contributed by atoms with Gasteiger partial charge in [-0.2, -0.15) is 0 Å². The number of aromatic nitrogens is 2. The minimum absolute atomic E-state index is 0. The lowest BCUT2D eigenvalue weighted by Crippen LogP contribution is -1.97. The normalized spacial score (nSPS) is 10.2. The maximum absolute atomic E-state index is 5.90. The van der Waals surface area contributed by atoms with Crippen LogP contribution in [0.25, 0.3) is 11.0 Å². The average Bonchev–Trinajstić information content (AvgIpc) is 2.89. The van der Waals surface area contributed by atoms with Gasteiger partial charge in [-0.25, -0.2) is 0 Å². The van der Waals surface area contributed by atoms with Gasteiger partial charge < -0.3 is 9.47 Å². The summed E-state index contributed by atoms with van der Waals surface area (Å²) in [7, 11) is 1.60. The summed E-state index contributed by atoms with van der Waals surface area (Å²) in [5.74, 6) is 1.28. The van der Waals surface area contributed by atoms with Crippen molar-refractivity contribution in [2.24, 2.45) is 0 Å². The number of rotatable bonds is 4. The van der Waals surface area contributed by atoms with Crippen LogP contribution in [-0.2, 0) is 6.61 Å². The quantitative estimate of drug-likeness (QED) is 0.706. The van der Waals surface area contributed by atoms with Crippen LogP contribution in [0.1, 0.15) is 4.88 Å². The molecule has 0 aliphatic heterocycles. The van der Waals surface area contributed by atoms with Gasteiger partial charge in [-0.1, -0.05) is 11.6 Å². The zero-order valence-corrected chi connectivity index (χ0v) is 13.5. The van der Waals surface area contributed by atoms with E-state index in [1.54, 1.807) is 19.5 Å². The molecule has 1 aromatic carbocycles. The molecule has 0 bridgehead atoms. The number of benzene rings is 1. The largest absolute Gasteiger partial charge is 0.493 e. The fourth-order valence-electron chi connectivity index (χ4n) is 1.82. The van der Waals surface area contributed by atoms with E-state index in [-0.39, 0.29) is 12.4 Å². The van der Waals surface area contributed by atoms with E-state index in [1.165, 1.54) is 11.3 Å². The molecule has 0 spiro atoms. The third-order valence-corrected chi connectivity index (χ3v) is 3.96. The van der Waals surface area contributed by atoms with E-state index in [1.807, 2.05) is 24.3 Å². The Balaban J connectivity index is 0.00000161. The number of nitrogens with zero attached hydrogens (tertiary/aromatic N) is 2. The number of ether oxygens (including phenoxy) is 2. The van der Waals surface area contributed by atoms with E-state index in [2.05, 4.69) is 9.97 Å². The average molecular weight is 343 g/mol. The summed E-state index contributed by atoms with van der Waals surface area (Å²) in [6, 6.07) is 7.45. The summed E-state index contributed by atoms with van der Waals surface area (Å²) < 4.78 is 11.9. The number of fused-ring (bicyclic) bond motifs is 1. The first-order valence-corrected chi connectivity index (χ1v) is 7.11. The van der Waals surface area contributed by atoms with Crippen LogP contribution in [0, 0.1) is 0 Å². The van der Waals surface area contributed by atoms with Crippen LogP contribution in [0.5, 0.6) is 11.5 Å². The summed E-state index contributed by atoms with van der Waals surface area (Å²) in [5, 5.41) is 0. The van der Waals surface area contributed by atoms with E-state index in [0.29, 0.717) is 18.1 Å². The lowest BCUT2D eigenvalue weighted by Gasteiger charge is -2.10. The van der Waals surface area contributed by atoms with E-state index >= 15 is 0 Å². The lowest BCUT2D eigenvalue weighted by molar-refractivity contribution is 0.288. The molecular weight excluding hydrogens is 331 g/mol. The highest BCUT2D eigenvalue weighted by molar-refractivity contribution is 7.16. The summed E-state index contributed by atoms with van der Waals surface area (Å²) in [5.41, 5.74) is 1.54. The number of hydrogen-bond acceptors (Lipinski definition) is 5. The molecule has 0 aliphatic rings. The molecule has 2 heterocycles. The summed E-state index contributed by atoms with van der Waals surface area (Å²) in [6.07, 6.45) is 3.30. The number of hydrogen-bond donors (Lipinski definition) is 0. The molecule has 0 aliphatic carbocycles. The Morgan fingerprint density at radius 3 is 2.33 bits per heavy atom. The van der Waals surface area contributed by atoms with Gasteiger partial charge in [0, 0.05) is 29.4 Å². The number of methoxy groups -OCH3 is 1. The molecule has 0 atom stereocenters. The van der Waals surface area contributed by atoms with Gasteiger partial charge in [-0.05, 0) is 12.1 Å². The molecule has 3 aromatic rings. The van der Waals surface area contributed by atoms with Gasteiger partial charge in [-0.15, -0.1) is 23.7 Å². The standard InChI is InChI=1S/C14H11ClN2O2S.ClH/c1-18-12-6-10-11(17-5-4-16-10)7-13(12)19-8-9-2-3-14(15)20-9;/h2-7H,8H2,1H3;1H. The van der Waals surface area contributed by atoms with Crippen molar-refractivity contribution >= 4 is 46.4 Å². The Kier molecular flexibility index (Phi) is 5.22. The smallest absolute Gasteiger partial charge is 0.164 e. The van der Waals surface area contributed by atoms with Gasteiger partial charge >= 0.3 is 0 Å². The molecule has 2 aromatic heterocycles. The van der Waals surface area contributed by atoms with Gasteiger partial charge in [0.15, 0.2) is 11.5 Å². The minimum Gasteiger partial charge on any atom is -0.493 e. The first-order valence-electron chi connectivity index (χ1n) is 5.92. The first-order chi connectivity index (χ1) is 9.76. The highest BCUT2D eigenvalue weighted by atomic mass is 35.5. The van der Waals surface area contributed by atoms with Gasteiger partial charge in [0.25, 0.3) is 0 Å². The van der Waals surface area contributed by atoms with E-state index in [4.69, 9.17) is 21.1 Å². The molecule has 3 rings (SSSR count). The second-order valence-electron chi connectivity index (χ2n) is 4.04. The molecule has 21 heavy (non-hydrogen) atoms. The molecule has 0 saturated heterocycles. The van der Waals surface area contributed by atoms with Crippen LogP contribution in [-0.4, -0.2) is 17.1 Å². The molecule has 0 N–H and O–H groups in total. The Morgan fingerprint density at radius 2 is 1.76 bits per heavy atom. The monoisotopic (exact) mass is 342 g/mol. The highest BCUT2D eigenvalue weighted by Crippen LogP contribution is 2.32. The molecule has 0 unspecified atom stereocenters. The molecule has 0 saturated carbocycles.